The molecule has 6 nitrogen and oxygen atoms in total. The third kappa shape index (κ3) is 7.79. The Bertz CT molecular complexity index is 544. The van der Waals surface area contributed by atoms with Crippen molar-refractivity contribution in [2.75, 3.05) is 52.4 Å². The van der Waals surface area contributed by atoms with Gasteiger partial charge in [-0.3, -0.25) is 14.7 Å². The van der Waals surface area contributed by atoms with Gasteiger partial charge in [0.05, 0.1) is 0 Å². The van der Waals surface area contributed by atoms with Crippen LogP contribution >= 0.6 is 35.3 Å². The monoisotopic (exact) mass is 493 g/mol. The van der Waals surface area contributed by atoms with Crippen LogP contribution in [0.25, 0.3) is 0 Å². The van der Waals surface area contributed by atoms with Crippen molar-refractivity contribution in [2.45, 2.75) is 26.7 Å². The van der Waals surface area contributed by atoms with Crippen LogP contribution in [0.15, 0.2) is 21.8 Å². The number of hydrogen-bond acceptors (Lipinski definition) is 4. The van der Waals surface area contributed by atoms with Gasteiger partial charge in [0.15, 0.2) is 5.96 Å². The molecule has 1 aliphatic heterocycles. The predicted molar refractivity (Wildman–Crippen MR) is 121 cm³/mol. The van der Waals surface area contributed by atoms with Crippen molar-refractivity contribution in [3.05, 3.63) is 22.4 Å². The van der Waals surface area contributed by atoms with Crippen LogP contribution in [0.4, 0.5) is 0 Å². The first-order valence-electron chi connectivity index (χ1n) is 9.12. The van der Waals surface area contributed by atoms with Crippen LogP contribution in [-0.2, 0) is 4.79 Å². The normalized spacial score (nSPS) is 16.7. The minimum atomic E-state index is 0. The van der Waals surface area contributed by atoms with Gasteiger partial charge in [-0.2, -0.15) is 11.3 Å². The van der Waals surface area contributed by atoms with Crippen molar-refractivity contribution in [1.29, 1.82) is 0 Å². The lowest BCUT2D eigenvalue weighted by atomic mass is 10.1. The van der Waals surface area contributed by atoms with E-state index in [0.717, 1.165) is 58.3 Å². The summed E-state index contributed by atoms with van der Waals surface area (Å²) in [6, 6.07) is 2.17. The minimum Gasteiger partial charge on any atom is -0.357 e. The quantitative estimate of drug-likeness (QED) is 0.348. The van der Waals surface area contributed by atoms with E-state index >= 15 is 0 Å². The zero-order valence-electron chi connectivity index (χ0n) is 16.0. The summed E-state index contributed by atoms with van der Waals surface area (Å²) < 4.78 is 0. The molecule has 2 heterocycles. The van der Waals surface area contributed by atoms with E-state index in [2.05, 4.69) is 46.2 Å². The maximum atomic E-state index is 11.4. The van der Waals surface area contributed by atoms with E-state index in [-0.39, 0.29) is 29.9 Å². The zero-order chi connectivity index (χ0) is 18.1. The fourth-order valence-corrected chi connectivity index (χ4v) is 3.63. The summed E-state index contributed by atoms with van der Waals surface area (Å²) in [5.41, 5.74) is 1.35. The Hall–Kier alpha value is -0.870. The van der Waals surface area contributed by atoms with Gasteiger partial charge in [-0.15, -0.1) is 24.0 Å². The van der Waals surface area contributed by atoms with E-state index in [4.69, 9.17) is 4.99 Å². The number of carbonyl (C=O) groups excluding carboxylic acids is 1. The number of hydrogen-bond donors (Lipinski definition) is 2. The van der Waals surface area contributed by atoms with Gasteiger partial charge in [0, 0.05) is 65.2 Å². The first-order valence-corrected chi connectivity index (χ1v) is 10.1. The van der Waals surface area contributed by atoms with Crippen LogP contribution in [0, 0.1) is 0 Å². The second kappa shape index (κ2) is 12.5. The molecule has 1 aromatic heterocycles. The number of rotatable bonds is 7. The van der Waals surface area contributed by atoms with Gasteiger partial charge in [-0.25, -0.2) is 0 Å². The van der Waals surface area contributed by atoms with Crippen molar-refractivity contribution in [2.24, 2.45) is 4.99 Å². The SMILES string of the molecule is CCNC(=NCC(C)c1ccsc1)NCCN1CCN(C(C)=O)CC1.I. The number of piperazine rings is 1. The summed E-state index contributed by atoms with van der Waals surface area (Å²) in [5.74, 6) is 1.49. The number of aliphatic imine (C=N–C) groups is 1. The lowest BCUT2D eigenvalue weighted by Gasteiger charge is -2.34. The van der Waals surface area contributed by atoms with Gasteiger partial charge in [-0.05, 0) is 29.3 Å². The van der Waals surface area contributed by atoms with E-state index in [1.54, 1.807) is 18.3 Å². The van der Waals surface area contributed by atoms with Crippen LogP contribution in [-0.4, -0.2) is 74.0 Å². The Morgan fingerprint density at radius 3 is 2.62 bits per heavy atom. The van der Waals surface area contributed by atoms with E-state index in [1.807, 2.05) is 4.90 Å². The van der Waals surface area contributed by atoms with E-state index in [0.29, 0.717) is 5.92 Å². The fraction of sp³-hybridized carbons (Fsp3) is 0.667. The van der Waals surface area contributed by atoms with Gasteiger partial charge in [0.2, 0.25) is 5.91 Å². The highest BCUT2D eigenvalue weighted by Gasteiger charge is 2.17. The fourth-order valence-electron chi connectivity index (χ4n) is 2.85. The van der Waals surface area contributed by atoms with Gasteiger partial charge in [0.1, 0.15) is 0 Å². The maximum absolute atomic E-state index is 11.4. The van der Waals surface area contributed by atoms with Crippen LogP contribution in [0.2, 0.25) is 0 Å². The Morgan fingerprint density at radius 2 is 2.04 bits per heavy atom. The van der Waals surface area contributed by atoms with Crippen LogP contribution in [0.3, 0.4) is 0 Å². The molecule has 0 aliphatic carbocycles. The van der Waals surface area contributed by atoms with Gasteiger partial charge in [0.25, 0.3) is 0 Å². The molecule has 2 N–H and O–H groups in total. The molecule has 1 aliphatic rings. The van der Waals surface area contributed by atoms with Crippen molar-refractivity contribution in [1.82, 2.24) is 20.4 Å². The standard InChI is InChI=1S/C18H31N5OS.HI/c1-4-19-18(21-13-15(2)17-5-12-25-14-17)20-6-7-22-8-10-23(11-9-22)16(3)24;/h5,12,14-15H,4,6-11,13H2,1-3H3,(H2,19,20,21);1H. The Labute approximate surface area is 178 Å². The van der Waals surface area contributed by atoms with Crippen molar-refractivity contribution >= 4 is 47.2 Å². The van der Waals surface area contributed by atoms with Crippen LogP contribution in [0.5, 0.6) is 0 Å². The molecular formula is C18H32IN5OS. The molecule has 1 saturated heterocycles. The first kappa shape index (κ1) is 23.2. The molecule has 148 valence electrons. The molecule has 1 fully saturated rings. The summed E-state index contributed by atoms with van der Waals surface area (Å²) in [6.45, 7) is 13.0. The summed E-state index contributed by atoms with van der Waals surface area (Å²) in [6.07, 6.45) is 0. The van der Waals surface area contributed by atoms with Crippen molar-refractivity contribution in [3.63, 3.8) is 0 Å². The zero-order valence-corrected chi connectivity index (χ0v) is 19.2. The average molecular weight is 493 g/mol. The van der Waals surface area contributed by atoms with Gasteiger partial charge < -0.3 is 15.5 Å². The second-order valence-corrected chi connectivity index (χ2v) is 7.23. The summed E-state index contributed by atoms with van der Waals surface area (Å²) in [4.78, 5) is 20.4. The number of thiophene rings is 1. The molecule has 0 bridgehead atoms. The van der Waals surface area contributed by atoms with Gasteiger partial charge in [-0.1, -0.05) is 6.92 Å². The minimum absolute atomic E-state index is 0. The molecular weight excluding hydrogens is 461 g/mol. The molecule has 1 unspecified atom stereocenters. The summed E-state index contributed by atoms with van der Waals surface area (Å²) >= 11 is 1.73. The second-order valence-electron chi connectivity index (χ2n) is 6.45. The topological polar surface area (TPSA) is 60.0 Å². The Balaban J connectivity index is 0.00000338. The average Bonchev–Trinajstić information content (AvgIpc) is 3.14. The number of carbonyl (C=O) groups is 1. The Kier molecular flexibility index (Phi) is 11.1. The highest BCUT2D eigenvalue weighted by Crippen LogP contribution is 2.18. The van der Waals surface area contributed by atoms with Gasteiger partial charge >= 0.3 is 0 Å². The maximum Gasteiger partial charge on any atom is 0.219 e. The lowest BCUT2D eigenvalue weighted by Crippen LogP contribution is -2.50. The highest BCUT2D eigenvalue weighted by molar-refractivity contribution is 14.0. The van der Waals surface area contributed by atoms with Crippen LogP contribution < -0.4 is 10.6 Å². The predicted octanol–water partition coefficient (Wildman–Crippen LogP) is 2.19. The summed E-state index contributed by atoms with van der Waals surface area (Å²) in [7, 11) is 0. The van der Waals surface area contributed by atoms with Crippen molar-refractivity contribution in [3.8, 4) is 0 Å². The molecule has 1 amide bonds. The number of nitrogens with zero attached hydrogens (tertiary/aromatic N) is 3. The number of nitrogens with one attached hydrogen (secondary N) is 2. The van der Waals surface area contributed by atoms with E-state index in [1.165, 1.54) is 5.56 Å². The molecule has 2 rings (SSSR count). The number of halogens is 1. The molecule has 8 heteroatoms. The molecule has 0 saturated carbocycles. The molecule has 0 aromatic carbocycles. The van der Waals surface area contributed by atoms with E-state index in [9.17, 15) is 4.79 Å². The molecule has 1 atom stereocenters. The first-order chi connectivity index (χ1) is 12.1. The number of amides is 1. The molecule has 0 radical (unpaired) electrons. The smallest absolute Gasteiger partial charge is 0.219 e. The molecule has 0 spiro atoms. The molecule has 1 aromatic rings. The molecule has 26 heavy (non-hydrogen) atoms. The lowest BCUT2D eigenvalue weighted by molar-refractivity contribution is -0.130. The third-order valence-electron chi connectivity index (χ3n) is 4.52. The highest BCUT2D eigenvalue weighted by atomic mass is 127. The number of guanidine groups is 1. The largest absolute Gasteiger partial charge is 0.357 e. The third-order valence-corrected chi connectivity index (χ3v) is 5.22. The summed E-state index contributed by atoms with van der Waals surface area (Å²) in [5, 5.41) is 11.0. The van der Waals surface area contributed by atoms with Crippen molar-refractivity contribution < 1.29 is 4.79 Å². The van der Waals surface area contributed by atoms with Crippen LogP contribution in [0.1, 0.15) is 32.3 Å². The Morgan fingerprint density at radius 1 is 1.31 bits per heavy atom. The van der Waals surface area contributed by atoms with E-state index < -0.39 is 0 Å².